The van der Waals surface area contributed by atoms with Crippen molar-refractivity contribution in [2.75, 3.05) is 6.54 Å². The summed E-state index contributed by atoms with van der Waals surface area (Å²) in [5.41, 5.74) is 2.98. The summed E-state index contributed by atoms with van der Waals surface area (Å²) in [7, 11) is 0. The molecule has 0 bridgehead atoms. The Morgan fingerprint density at radius 2 is 2.00 bits per heavy atom. The summed E-state index contributed by atoms with van der Waals surface area (Å²) in [6.07, 6.45) is 1.35. The molecular weight excluding hydrogens is 320 g/mol. The lowest BCUT2D eigenvalue weighted by Gasteiger charge is -2.29. The van der Waals surface area contributed by atoms with Crippen LogP contribution in [0.5, 0.6) is 0 Å². The minimum atomic E-state index is 0.0167. The van der Waals surface area contributed by atoms with E-state index in [1.165, 1.54) is 5.56 Å². The number of thiophene rings is 1. The van der Waals surface area contributed by atoms with E-state index in [4.69, 9.17) is 0 Å². The van der Waals surface area contributed by atoms with E-state index >= 15 is 0 Å². The van der Waals surface area contributed by atoms with Crippen LogP contribution in [0.1, 0.15) is 37.0 Å². The first kappa shape index (κ1) is 16.7. The number of carbonyl (C=O) groups is 2. The molecule has 24 heavy (non-hydrogen) atoms. The average molecular weight is 342 g/mol. The molecule has 2 amide bonds. The van der Waals surface area contributed by atoms with E-state index in [0.717, 1.165) is 12.0 Å². The van der Waals surface area contributed by atoms with Gasteiger partial charge in [0.1, 0.15) is 0 Å². The number of nitrogens with zero attached hydrogens (tertiary/aromatic N) is 1. The Balaban J connectivity index is 1.73. The van der Waals surface area contributed by atoms with Crippen LogP contribution in [0.4, 0.5) is 0 Å². The fourth-order valence-electron chi connectivity index (χ4n) is 2.98. The highest BCUT2D eigenvalue weighted by molar-refractivity contribution is 7.08. The van der Waals surface area contributed by atoms with Gasteiger partial charge in [-0.05, 0) is 60.4 Å². The Labute approximate surface area is 146 Å². The van der Waals surface area contributed by atoms with Crippen molar-refractivity contribution < 1.29 is 9.59 Å². The molecule has 1 aromatic heterocycles. The highest BCUT2D eigenvalue weighted by Gasteiger charge is 2.27. The molecule has 1 fully saturated rings. The van der Waals surface area contributed by atoms with Crippen LogP contribution >= 0.6 is 11.3 Å². The third-order valence-electron chi connectivity index (χ3n) is 4.37. The first-order valence-electron chi connectivity index (χ1n) is 8.27. The normalized spacial score (nSPS) is 17.1. The SMILES string of the molecule is CC(C)N(CC1CCC(=O)N1)C(=O)c1ccc(-c2ccsc2)cc1. The highest BCUT2D eigenvalue weighted by atomic mass is 32.1. The van der Waals surface area contributed by atoms with Crippen molar-refractivity contribution in [1.82, 2.24) is 10.2 Å². The van der Waals surface area contributed by atoms with Gasteiger partial charge in [0.2, 0.25) is 5.91 Å². The lowest BCUT2D eigenvalue weighted by Crippen LogP contribution is -2.45. The topological polar surface area (TPSA) is 49.4 Å². The molecule has 1 atom stereocenters. The molecule has 4 nitrogen and oxygen atoms in total. The molecule has 1 aromatic carbocycles. The number of hydrogen-bond donors (Lipinski definition) is 1. The smallest absolute Gasteiger partial charge is 0.254 e. The van der Waals surface area contributed by atoms with Crippen LogP contribution in [0.3, 0.4) is 0 Å². The van der Waals surface area contributed by atoms with E-state index in [0.29, 0.717) is 18.5 Å². The molecule has 0 spiro atoms. The molecular formula is C19H22N2O2S. The zero-order valence-corrected chi connectivity index (χ0v) is 14.8. The quantitative estimate of drug-likeness (QED) is 0.903. The second-order valence-corrected chi connectivity index (χ2v) is 7.22. The molecule has 1 aliphatic heterocycles. The van der Waals surface area contributed by atoms with Gasteiger partial charge in [0.25, 0.3) is 5.91 Å². The van der Waals surface area contributed by atoms with Gasteiger partial charge in [-0.2, -0.15) is 11.3 Å². The van der Waals surface area contributed by atoms with Gasteiger partial charge in [0, 0.05) is 30.6 Å². The van der Waals surface area contributed by atoms with Crippen LogP contribution < -0.4 is 5.32 Å². The summed E-state index contributed by atoms with van der Waals surface area (Å²) in [6.45, 7) is 4.58. The third kappa shape index (κ3) is 3.67. The van der Waals surface area contributed by atoms with Gasteiger partial charge < -0.3 is 10.2 Å². The molecule has 5 heteroatoms. The summed E-state index contributed by atoms with van der Waals surface area (Å²) < 4.78 is 0. The van der Waals surface area contributed by atoms with Gasteiger partial charge in [-0.25, -0.2) is 0 Å². The maximum atomic E-state index is 12.9. The Morgan fingerprint density at radius 1 is 1.25 bits per heavy atom. The molecule has 1 unspecified atom stereocenters. The first-order chi connectivity index (χ1) is 11.5. The van der Waals surface area contributed by atoms with Crippen molar-refractivity contribution in [1.29, 1.82) is 0 Å². The van der Waals surface area contributed by atoms with Crippen LogP contribution in [0.25, 0.3) is 11.1 Å². The second-order valence-electron chi connectivity index (χ2n) is 6.44. The molecule has 1 saturated heterocycles. The lowest BCUT2D eigenvalue weighted by molar-refractivity contribution is -0.119. The van der Waals surface area contributed by atoms with E-state index < -0.39 is 0 Å². The van der Waals surface area contributed by atoms with Crippen LogP contribution in [-0.2, 0) is 4.79 Å². The van der Waals surface area contributed by atoms with Crippen molar-refractivity contribution in [2.24, 2.45) is 0 Å². The zero-order chi connectivity index (χ0) is 17.1. The van der Waals surface area contributed by atoms with Crippen LogP contribution in [0.2, 0.25) is 0 Å². The molecule has 1 aliphatic rings. The van der Waals surface area contributed by atoms with Gasteiger partial charge in [-0.1, -0.05) is 12.1 Å². The average Bonchev–Trinajstić information content (AvgIpc) is 3.23. The van der Waals surface area contributed by atoms with Gasteiger partial charge >= 0.3 is 0 Å². The third-order valence-corrected chi connectivity index (χ3v) is 5.06. The number of hydrogen-bond acceptors (Lipinski definition) is 3. The summed E-state index contributed by atoms with van der Waals surface area (Å²) in [5.74, 6) is 0.0966. The van der Waals surface area contributed by atoms with Crippen LogP contribution in [-0.4, -0.2) is 35.3 Å². The molecule has 0 saturated carbocycles. The lowest BCUT2D eigenvalue weighted by atomic mass is 10.1. The van der Waals surface area contributed by atoms with Crippen molar-refractivity contribution in [3.05, 3.63) is 46.7 Å². The zero-order valence-electron chi connectivity index (χ0n) is 14.0. The summed E-state index contributed by atoms with van der Waals surface area (Å²) in [4.78, 5) is 26.1. The van der Waals surface area contributed by atoms with Gasteiger partial charge in [0.15, 0.2) is 0 Å². The number of nitrogens with one attached hydrogen (secondary N) is 1. The Hall–Kier alpha value is -2.14. The van der Waals surface area contributed by atoms with Gasteiger partial charge in [-0.15, -0.1) is 0 Å². The van der Waals surface area contributed by atoms with Crippen molar-refractivity contribution in [2.45, 2.75) is 38.8 Å². The fourth-order valence-corrected chi connectivity index (χ4v) is 3.64. The summed E-state index contributed by atoms with van der Waals surface area (Å²) in [5, 5.41) is 7.09. The monoisotopic (exact) mass is 342 g/mol. The van der Waals surface area contributed by atoms with Crippen molar-refractivity contribution in [3.63, 3.8) is 0 Å². The predicted molar refractivity (Wildman–Crippen MR) is 97.1 cm³/mol. The van der Waals surface area contributed by atoms with E-state index in [1.807, 2.05) is 48.4 Å². The largest absolute Gasteiger partial charge is 0.352 e. The Bertz CT molecular complexity index is 707. The van der Waals surface area contributed by atoms with Crippen molar-refractivity contribution >= 4 is 23.2 Å². The van der Waals surface area contributed by atoms with E-state index in [1.54, 1.807) is 11.3 Å². The van der Waals surface area contributed by atoms with Gasteiger partial charge in [-0.3, -0.25) is 9.59 Å². The molecule has 2 heterocycles. The molecule has 1 N–H and O–H groups in total. The summed E-state index contributed by atoms with van der Waals surface area (Å²) in [6, 6.07) is 9.98. The van der Waals surface area contributed by atoms with Gasteiger partial charge in [0.05, 0.1) is 0 Å². The number of amides is 2. The summed E-state index contributed by atoms with van der Waals surface area (Å²) >= 11 is 1.66. The Kier molecular flexibility index (Phi) is 5.00. The Morgan fingerprint density at radius 3 is 2.54 bits per heavy atom. The highest BCUT2D eigenvalue weighted by Crippen LogP contribution is 2.23. The molecule has 2 aromatic rings. The number of rotatable bonds is 5. The molecule has 0 radical (unpaired) electrons. The van der Waals surface area contributed by atoms with E-state index in [9.17, 15) is 9.59 Å². The number of benzene rings is 1. The minimum absolute atomic E-state index is 0.0167. The molecule has 0 aliphatic carbocycles. The van der Waals surface area contributed by atoms with Crippen LogP contribution in [0, 0.1) is 0 Å². The van der Waals surface area contributed by atoms with Crippen LogP contribution in [0.15, 0.2) is 41.1 Å². The maximum Gasteiger partial charge on any atom is 0.254 e. The second kappa shape index (κ2) is 7.18. The van der Waals surface area contributed by atoms with E-state index in [-0.39, 0.29) is 23.9 Å². The van der Waals surface area contributed by atoms with E-state index in [2.05, 4.69) is 16.8 Å². The minimum Gasteiger partial charge on any atom is -0.352 e. The maximum absolute atomic E-state index is 12.9. The molecule has 3 rings (SSSR count). The molecule has 126 valence electrons. The fraction of sp³-hybridized carbons (Fsp3) is 0.368. The standard InChI is InChI=1S/C19H22N2O2S/c1-13(2)21(11-17-7-8-18(22)20-17)19(23)15-5-3-14(4-6-15)16-9-10-24-12-16/h3-6,9-10,12-13,17H,7-8,11H2,1-2H3,(H,20,22). The van der Waals surface area contributed by atoms with Crippen molar-refractivity contribution in [3.8, 4) is 11.1 Å². The first-order valence-corrected chi connectivity index (χ1v) is 9.22. The number of carbonyl (C=O) groups excluding carboxylic acids is 2. The predicted octanol–water partition coefficient (Wildman–Crippen LogP) is 3.54.